The quantitative estimate of drug-likeness (QED) is 0.485. The minimum absolute atomic E-state index is 0.406. The molecule has 0 fully saturated rings. The van der Waals surface area contributed by atoms with Gasteiger partial charge in [0.2, 0.25) is 0 Å². The highest BCUT2D eigenvalue weighted by Crippen LogP contribution is 2.15. The summed E-state index contributed by atoms with van der Waals surface area (Å²) in [5.74, 6) is 1.38. The molecule has 0 spiro atoms. The Morgan fingerprint density at radius 3 is 2.78 bits per heavy atom. The summed E-state index contributed by atoms with van der Waals surface area (Å²) in [5.41, 5.74) is 1.47. The van der Waals surface area contributed by atoms with Crippen LogP contribution in [0.15, 0.2) is 27.7 Å². The molecule has 8 nitrogen and oxygen atoms in total. The highest BCUT2D eigenvalue weighted by Gasteiger charge is 2.15. The summed E-state index contributed by atoms with van der Waals surface area (Å²) >= 11 is 0. The topological polar surface area (TPSA) is 93.7 Å². The smallest absolute Gasteiger partial charge is 0.341 e. The summed E-state index contributed by atoms with van der Waals surface area (Å²) in [7, 11) is 4.91. The zero-order chi connectivity index (χ0) is 16.8. The number of guanidine groups is 1. The van der Waals surface area contributed by atoms with Crippen molar-refractivity contribution in [2.24, 2.45) is 12.0 Å². The van der Waals surface area contributed by atoms with Gasteiger partial charge in [-0.2, -0.15) is 5.10 Å². The monoisotopic (exact) mass is 319 g/mol. The lowest BCUT2D eigenvalue weighted by Gasteiger charge is -2.10. The molecule has 0 bridgehead atoms. The van der Waals surface area contributed by atoms with Crippen molar-refractivity contribution in [2.75, 3.05) is 14.2 Å². The van der Waals surface area contributed by atoms with Crippen LogP contribution in [0.25, 0.3) is 0 Å². The molecule has 0 aromatic carbocycles. The van der Waals surface area contributed by atoms with Crippen LogP contribution in [0.2, 0.25) is 0 Å². The molecule has 0 amide bonds. The molecule has 0 saturated carbocycles. The maximum Gasteiger partial charge on any atom is 0.341 e. The molecule has 0 atom stereocenters. The average molecular weight is 319 g/mol. The summed E-state index contributed by atoms with van der Waals surface area (Å²) < 4.78 is 12.0. The summed E-state index contributed by atoms with van der Waals surface area (Å²) in [6, 6.07) is 3.60. The van der Waals surface area contributed by atoms with Crippen LogP contribution < -0.4 is 10.6 Å². The lowest BCUT2D eigenvalue weighted by molar-refractivity contribution is 0.0599. The zero-order valence-corrected chi connectivity index (χ0v) is 13.7. The van der Waals surface area contributed by atoms with Crippen molar-refractivity contribution in [3.05, 3.63) is 41.1 Å². The zero-order valence-electron chi connectivity index (χ0n) is 13.7. The van der Waals surface area contributed by atoms with E-state index in [4.69, 9.17) is 9.15 Å². The number of rotatable bonds is 5. The van der Waals surface area contributed by atoms with E-state index in [9.17, 15) is 4.79 Å². The van der Waals surface area contributed by atoms with Gasteiger partial charge in [0.15, 0.2) is 5.96 Å². The number of aliphatic imine (C=N–C) groups is 1. The van der Waals surface area contributed by atoms with Crippen molar-refractivity contribution in [1.29, 1.82) is 0 Å². The molecule has 0 aliphatic rings. The number of ether oxygens (including phenoxy) is 1. The van der Waals surface area contributed by atoms with Crippen LogP contribution in [0.5, 0.6) is 0 Å². The lowest BCUT2D eigenvalue weighted by Crippen LogP contribution is -2.36. The molecule has 2 aromatic heterocycles. The molecule has 2 rings (SSSR count). The van der Waals surface area contributed by atoms with Crippen LogP contribution >= 0.6 is 0 Å². The first-order chi connectivity index (χ1) is 11.0. The van der Waals surface area contributed by atoms with E-state index < -0.39 is 5.97 Å². The Morgan fingerprint density at radius 2 is 2.17 bits per heavy atom. The largest absolute Gasteiger partial charge is 0.465 e. The van der Waals surface area contributed by atoms with Gasteiger partial charge in [0.25, 0.3) is 0 Å². The second-order valence-electron chi connectivity index (χ2n) is 4.90. The van der Waals surface area contributed by atoms with Crippen LogP contribution in [-0.2, 0) is 24.9 Å². The van der Waals surface area contributed by atoms with Crippen LogP contribution in [-0.4, -0.2) is 35.9 Å². The number of nitrogens with zero attached hydrogens (tertiary/aromatic N) is 3. The summed E-state index contributed by atoms with van der Waals surface area (Å²) in [4.78, 5) is 15.7. The van der Waals surface area contributed by atoms with Crippen LogP contribution in [0, 0.1) is 6.92 Å². The predicted molar refractivity (Wildman–Crippen MR) is 85.0 cm³/mol. The van der Waals surface area contributed by atoms with Gasteiger partial charge in [-0.05, 0) is 19.1 Å². The minimum atomic E-state index is -0.406. The number of carbonyl (C=O) groups excluding carboxylic acids is 1. The fraction of sp³-hybridized carbons (Fsp3) is 0.400. The molecule has 0 aliphatic heterocycles. The van der Waals surface area contributed by atoms with Gasteiger partial charge in [0, 0.05) is 20.3 Å². The predicted octanol–water partition coefficient (Wildman–Crippen LogP) is 0.973. The van der Waals surface area contributed by atoms with E-state index in [1.807, 2.05) is 13.1 Å². The molecular weight excluding hydrogens is 298 g/mol. The molecule has 23 heavy (non-hydrogen) atoms. The van der Waals surface area contributed by atoms with E-state index in [2.05, 4.69) is 20.7 Å². The maximum atomic E-state index is 11.6. The SMILES string of the molecule is CN=C(NCc1cc(C(=O)OC)c(C)o1)NCc1ccnn1C. The van der Waals surface area contributed by atoms with Gasteiger partial charge in [-0.3, -0.25) is 9.67 Å². The summed E-state index contributed by atoms with van der Waals surface area (Å²) in [6.07, 6.45) is 1.74. The molecule has 124 valence electrons. The molecular formula is C15H21N5O3. The van der Waals surface area contributed by atoms with Crippen molar-refractivity contribution in [3.63, 3.8) is 0 Å². The lowest BCUT2D eigenvalue weighted by atomic mass is 10.2. The number of methoxy groups -OCH3 is 1. The minimum Gasteiger partial charge on any atom is -0.465 e. The first-order valence-electron chi connectivity index (χ1n) is 7.14. The number of nitrogens with one attached hydrogen (secondary N) is 2. The van der Waals surface area contributed by atoms with Gasteiger partial charge in [0.05, 0.1) is 25.9 Å². The number of aryl methyl sites for hydroxylation is 2. The molecule has 2 aromatic rings. The first kappa shape index (κ1) is 16.6. The number of hydrogen-bond acceptors (Lipinski definition) is 5. The van der Waals surface area contributed by atoms with Gasteiger partial charge < -0.3 is 19.8 Å². The molecule has 0 saturated heterocycles. The third-order valence-corrected chi connectivity index (χ3v) is 3.39. The van der Waals surface area contributed by atoms with Crippen molar-refractivity contribution < 1.29 is 13.9 Å². The number of furan rings is 1. The standard InChI is InChI=1S/C15H21N5O3/c1-10-13(14(21)22-4)7-12(23-10)9-18-15(16-2)17-8-11-5-6-19-20(11)3/h5-7H,8-9H2,1-4H3,(H2,16,17,18). The molecule has 2 heterocycles. The van der Waals surface area contributed by atoms with Gasteiger partial charge in [0.1, 0.15) is 17.1 Å². The summed E-state index contributed by atoms with van der Waals surface area (Å²) in [6.45, 7) is 2.73. The van der Waals surface area contributed by atoms with E-state index in [-0.39, 0.29) is 0 Å². The second-order valence-corrected chi connectivity index (χ2v) is 4.90. The van der Waals surface area contributed by atoms with Crippen LogP contribution in [0.1, 0.15) is 27.6 Å². The van der Waals surface area contributed by atoms with Crippen molar-refractivity contribution in [2.45, 2.75) is 20.0 Å². The van der Waals surface area contributed by atoms with Gasteiger partial charge in [-0.1, -0.05) is 0 Å². The third kappa shape index (κ3) is 4.12. The Bertz CT molecular complexity index is 702. The average Bonchev–Trinajstić information content (AvgIpc) is 3.12. The Labute approximate surface area is 134 Å². The van der Waals surface area contributed by atoms with Gasteiger partial charge in [-0.25, -0.2) is 4.79 Å². The Morgan fingerprint density at radius 1 is 1.43 bits per heavy atom. The van der Waals surface area contributed by atoms with Crippen molar-refractivity contribution in [3.8, 4) is 0 Å². The summed E-state index contributed by atoms with van der Waals surface area (Å²) in [5, 5.41) is 10.4. The fourth-order valence-electron chi connectivity index (χ4n) is 2.08. The van der Waals surface area contributed by atoms with E-state index in [1.54, 1.807) is 30.9 Å². The fourth-order valence-corrected chi connectivity index (χ4v) is 2.08. The van der Waals surface area contributed by atoms with Gasteiger partial charge in [-0.15, -0.1) is 0 Å². The first-order valence-corrected chi connectivity index (χ1v) is 7.14. The number of hydrogen-bond donors (Lipinski definition) is 2. The van der Waals surface area contributed by atoms with E-state index in [0.717, 1.165) is 5.69 Å². The number of aromatic nitrogens is 2. The molecule has 0 unspecified atom stereocenters. The maximum absolute atomic E-state index is 11.6. The van der Waals surface area contributed by atoms with E-state index >= 15 is 0 Å². The second kappa shape index (κ2) is 7.48. The number of carbonyl (C=O) groups is 1. The number of esters is 1. The molecule has 2 N–H and O–H groups in total. The van der Waals surface area contributed by atoms with Crippen LogP contribution in [0.4, 0.5) is 0 Å². The molecule has 0 radical (unpaired) electrons. The van der Waals surface area contributed by atoms with E-state index in [0.29, 0.717) is 36.1 Å². The van der Waals surface area contributed by atoms with E-state index in [1.165, 1.54) is 7.11 Å². The van der Waals surface area contributed by atoms with Crippen molar-refractivity contribution >= 4 is 11.9 Å². The van der Waals surface area contributed by atoms with Gasteiger partial charge >= 0.3 is 5.97 Å². The highest BCUT2D eigenvalue weighted by molar-refractivity contribution is 5.90. The molecule has 8 heteroatoms. The van der Waals surface area contributed by atoms with Crippen molar-refractivity contribution in [1.82, 2.24) is 20.4 Å². The third-order valence-electron chi connectivity index (χ3n) is 3.39. The Balaban J connectivity index is 1.91. The normalized spacial score (nSPS) is 11.4. The Kier molecular flexibility index (Phi) is 5.40. The molecule has 0 aliphatic carbocycles. The van der Waals surface area contributed by atoms with Crippen LogP contribution in [0.3, 0.4) is 0 Å². The Hall–Kier alpha value is -2.77. The highest BCUT2D eigenvalue weighted by atomic mass is 16.5.